The number of hydrogen-bond acceptors (Lipinski definition) is 3. The minimum absolute atomic E-state index is 0.0197. The van der Waals surface area contributed by atoms with Crippen molar-refractivity contribution in [2.45, 2.75) is 65.1 Å². The van der Waals surface area contributed by atoms with Crippen LogP contribution in [0.25, 0.3) is 0 Å². The van der Waals surface area contributed by atoms with Crippen LogP contribution in [0.5, 0.6) is 0 Å². The number of hydrogen-bond donors (Lipinski definition) is 2. The molecule has 1 heterocycles. The van der Waals surface area contributed by atoms with Crippen LogP contribution in [0.2, 0.25) is 0 Å². The molecule has 1 aromatic heterocycles. The van der Waals surface area contributed by atoms with E-state index < -0.39 is 5.60 Å². The van der Waals surface area contributed by atoms with E-state index in [1.165, 1.54) is 0 Å². The van der Waals surface area contributed by atoms with E-state index in [1.807, 2.05) is 24.7 Å². The van der Waals surface area contributed by atoms with Gasteiger partial charge in [-0.1, -0.05) is 13.8 Å². The topological polar surface area (TPSA) is 50.1 Å². The minimum atomic E-state index is -0.583. The maximum absolute atomic E-state index is 10.2. The van der Waals surface area contributed by atoms with Crippen LogP contribution in [0.1, 0.15) is 53.0 Å². The molecule has 0 aliphatic carbocycles. The Morgan fingerprint density at radius 1 is 1.28 bits per heavy atom. The molecular formula is C14H27N3O. The number of aromatic nitrogens is 2. The van der Waals surface area contributed by atoms with Gasteiger partial charge in [0, 0.05) is 24.8 Å². The lowest BCUT2D eigenvalue weighted by Gasteiger charge is -2.25. The number of nitrogens with zero attached hydrogens (tertiary/aromatic N) is 2. The van der Waals surface area contributed by atoms with E-state index in [2.05, 4.69) is 37.4 Å². The van der Waals surface area contributed by atoms with E-state index in [0.717, 1.165) is 24.9 Å². The van der Waals surface area contributed by atoms with Gasteiger partial charge in [0.1, 0.15) is 0 Å². The van der Waals surface area contributed by atoms with Crippen LogP contribution in [0, 0.1) is 0 Å². The summed E-state index contributed by atoms with van der Waals surface area (Å²) in [6.07, 6.45) is 5.49. The Morgan fingerprint density at radius 3 is 2.33 bits per heavy atom. The van der Waals surface area contributed by atoms with E-state index in [9.17, 15) is 5.11 Å². The van der Waals surface area contributed by atoms with Crippen molar-refractivity contribution in [3.63, 3.8) is 0 Å². The van der Waals surface area contributed by atoms with Crippen LogP contribution in [0.4, 0.5) is 0 Å². The van der Waals surface area contributed by atoms with Gasteiger partial charge in [0.25, 0.3) is 0 Å². The molecule has 0 aliphatic rings. The zero-order valence-corrected chi connectivity index (χ0v) is 12.3. The summed E-state index contributed by atoms with van der Waals surface area (Å²) in [6, 6.07) is 0. The maximum atomic E-state index is 10.2. The van der Waals surface area contributed by atoms with Gasteiger partial charge in [0.2, 0.25) is 0 Å². The third-order valence-corrected chi connectivity index (χ3v) is 3.42. The van der Waals surface area contributed by atoms with Crippen molar-refractivity contribution in [3.05, 3.63) is 18.0 Å². The maximum Gasteiger partial charge on any atom is 0.0766 e. The Bertz CT molecular complexity index is 361. The first-order chi connectivity index (χ1) is 8.30. The highest BCUT2D eigenvalue weighted by Crippen LogP contribution is 2.15. The average molecular weight is 253 g/mol. The molecule has 2 N–H and O–H groups in total. The first kappa shape index (κ1) is 15.2. The van der Waals surface area contributed by atoms with Crippen LogP contribution in [-0.4, -0.2) is 27.0 Å². The zero-order chi connectivity index (χ0) is 13.8. The highest BCUT2D eigenvalue weighted by atomic mass is 16.3. The Hall–Kier alpha value is -0.870. The van der Waals surface area contributed by atoms with Crippen molar-refractivity contribution in [1.82, 2.24) is 15.1 Å². The fourth-order valence-corrected chi connectivity index (χ4v) is 1.76. The van der Waals surface area contributed by atoms with Gasteiger partial charge in [-0.2, -0.15) is 5.10 Å². The second kappa shape index (κ2) is 5.85. The predicted octanol–water partition coefficient (Wildman–Crippen LogP) is 2.28. The molecule has 0 saturated heterocycles. The molecule has 0 unspecified atom stereocenters. The van der Waals surface area contributed by atoms with Crippen LogP contribution in [0.15, 0.2) is 12.4 Å². The van der Waals surface area contributed by atoms with Crippen molar-refractivity contribution in [3.8, 4) is 0 Å². The van der Waals surface area contributed by atoms with Crippen molar-refractivity contribution < 1.29 is 5.11 Å². The predicted molar refractivity (Wildman–Crippen MR) is 74.5 cm³/mol. The van der Waals surface area contributed by atoms with Crippen LogP contribution < -0.4 is 5.32 Å². The molecule has 18 heavy (non-hydrogen) atoms. The third-order valence-electron chi connectivity index (χ3n) is 3.42. The van der Waals surface area contributed by atoms with Gasteiger partial charge in [-0.05, 0) is 33.6 Å². The molecule has 0 spiro atoms. The van der Waals surface area contributed by atoms with Gasteiger partial charge in [0.05, 0.1) is 17.3 Å². The van der Waals surface area contributed by atoms with Gasteiger partial charge < -0.3 is 10.4 Å². The van der Waals surface area contributed by atoms with Gasteiger partial charge in [-0.3, -0.25) is 4.68 Å². The quantitative estimate of drug-likeness (QED) is 0.817. The Kier molecular flexibility index (Phi) is 4.93. The zero-order valence-electron chi connectivity index (χ0n) is 12.3. The molecule has 4 heteroatoms. The molecule has 0 radical (unpaired) electrons. The third kappa shape index (κ3) is 4.10. The first-order valence-corrected chi connectivity index (χ1v) is 6.78. The summed E-state index contributed by atoms with van der Waals surface area (Å²) in [5, 5.41) is 17.8. The molecule has 0 atom stereocenters. The minimum Gasteiger partial charge on any atom is -0.389 e. The molecule has 0 fully saturated rings. The normalized spacial score (nSPS) is 13.0. The SMILES string of the molecule is CCC(O)(CC)CNCc1cnn(C(C)(C)C)c1. The van der Waals surface area contributed by atoms with Gasteiger partial charge in [-0.25, -0.2) is 0 Å². The van der Waals surface area contributed by atoms with E-state index >= 15 is 0 Å². The van der Waals surface area contributed by atoms with Gasteiger partial charge in [0.15, 0.2) is 0 Å². The van der Waals surface area contributed by atoms with E-state index in [-0.39, 0.29) is 5.54 Å². The lowest BCUT2D eigenvalue weighted by Crippen LogP contribution is -2.39. The molecule has 0 aromatic carbocycles. The molecule has 104 valence electrons. The van der Waals surface area contributed by atoms with Crippen molar-refractivity contribution in [1.29, 1.82) is 0 Å². The van der Waals surface area contributed by atoms with Gasteiger partial charge >= 0.3 is 0 Å². The summed E-state index contributed by atoms with van der Waals surface area (Å²) in [4.78, 5) is 0. The average Bonchev–Trinajstić information content (AvgIpc) is 2.77. The lowest BCUT2D eigenvalue weighted by atomic mass is 9.97. The number of aliphatic hydroxyl groups is 1. The Labute approximate surface area is 110 Å². The fourth-order valence-electron chi connectivity index (χ4n) is 1.76. The molecule has 1 aromatic rings. The van der Waals surface area contributed by atoms with E-state index in [4.69, 9.17) is 0 Å². The summed E-state index contributed by atoms with van der Waals surface area (Å²) >= 11 is 0. The summed E-state index contributed by atoms with van der Waals surface area (Å²) in [7, 11) is 0. The number of nitrogens with one attached hydrogen (secondary N) is 1. The Balaban J connectivity index is 2.48. The van der Waals surface area contributed by atoms with E-state index in [1.54, 1.807) is 0 Å². The van der Waals surface area contributed by atoms with Crippen molar-refractivity contribution >= 4 is 0 Å². The highest BCUT2D eigenvalue weighted by molar-refractivity contribution is 5.05. The summed E-state index contributed by atoms with van der Waals surface area (Å²) in [6.45, 7) is 11.8. The van der Waals surface area contributed by atoms with Gasteiger partial charge in [-0.15, -0.1) is 0 Å². The van der Waals surface area contributed by atoms with Crippen molar-refractivity contribution in [2.24, 2.45) is 0 Å². The molecule has 0 aliphatic heterocycles. The monoisotopic (exact) mass is 253 g/mol. The molecular weight excluding hydrogens is 226 g/mol. The van der Waals surface area contributed by atoms with E-state index in [0.29, 0.717) is 6.54 Å². The molecule has 0 saturated carbocycles. The van der Waals surface area contributed by atoms with Crippen LogP contribution in [0.3, 0.4) is 0 Å². The second-order valence-electron chi connectivity index (χ2n) is 6.00. The molecule has 0 bridgehead atoms. The summed E-state index contributed by atoms with van der Waals surface area (Å²) in [5.74, 6) is 0. The smallest absolute Gasteiger partial charge is 0.0766 e. The first-order valence-electron chi connectivity index (χ1n) is 6.78. The van der Waals surface area contributed by atoms with Crippen LogP contribution in [-0.2, 0) is 12.1 Å². The van der Waals surface area contributed by atoms with Crippen LogP contribution >= 0.6 is 0 Å². The highest BCUT2D eigenvalue weighted by Gasteiger charge is 2.21. The molecule has 4 nitrogen and oxygen atoms in total. The largest absolute Gasteiger partial charge is 0.389 e. The Morgan fingerprint density at radius 2 is 1.89 bits per heavy atom. The number of rotatable bonds is 6. The fraction of sp³-hybridized carbons (Fsp3) is 0.786. The molecule has 0 amide bonds. The summed E-state index contributed by atoms with van der Waals surface area (Å²) in [5.41, 5.74) is 0.589. The second-order valence-corrected chi connectivity index (χ2v) is 6.00. The van der Waals surface area contributed by atoms with Crippen molar-refractivity contribution in [2.75, 3.05) is 6.54 Å². The molecule has 1 rings (SSSR count). The summed E-state index contributed by atoms with van der Waals surface area (Å²) < 4.78 is 1.97. The standard InChI is InChI=1S/C14H27N3O/c1-6-14(18,7-2)11-15-8-12-9-16-17(10-12)13(3,4)5/h9-10,15,18H,6-8,11H2,1-5H3. The lowest BCUT2D eigenvalue weighted by molar-refractivity contribution is 0.0323.